The Balaban J connectivity index is 3.32. The van der Waals surface area contributed by atoms with Crippen molar-refractivity contribution in [1.82, 2.24) is 0 Å². The van der Waals surface area contributed by atoms with E-state index in [-0.39, 0.29) is 6.04 Å². The number of aryl methyl sites for hydroxylation is 1. The maximum absolute atomic E-state index is 5.95. The van der Waals surface area contributed by atoms with Gasteiger partial charge in [0.2, 0.25) is 0 Å². The number of nitrogens with two attached hydrogens (primary N) is 1. The first-order chi connectivity index (χ1) is 6.43. The normalized spacial score (nSPS) is 13.4. The van der Waals surface area contributed by atoms with Crippen molar-refractivity contribution in [2.75, 3.05) is 0 Å². The van der Waals surface area contributed by atoms with Gasteiger partial charge in [-0.3, -0.25) is 0 Å². The summed E-state index contributed by atoms with van der Waals surface area (Å²) < 4.78 is 0. The summed E-state index contributed by atoms with van der Waals surface area (Å²) in [6, 6.07) is 4.60. The van der Waals surface area contributed by atoms with E-state index in [0.717, 1.165) is 0 Å². The highest BCUT2D eigenvalue weighted by Crippen LogP contribution is 2.26. The highest BCUT2D eigenvalue weighted by atomic mass is 14.6. The average Bonchev–Trinajstić information content (AvgIpc) is 2.07. The number of hydrogen-bond acceptors (Lipinski definition) is 1. The third kappa shape index (κ3) is 2.16. The van der Waals surface area contributed by atoms with Crippen LogP contribution in [-0.4, -0.2) is 0 Å². The van der Waals surface area contributed by atoms with Gasteiger partial charge in [0, 0.05) is 6.04 Å². The first-order valence-corrected chi connectivity index (χ1v) is 5.30. The fourth-order valence-electron chi connectivity index (χ4n) is 1.99. The monoisotopic (exact) mass is 191 g/mol. The van der Waals surface area contributed by atoms with Crippen LogP contribution in [0.5, 0.6) is 0 Å². The molecule has 0 bridgehead atoms. The lowest BCUT2D eigenvalue weighted by molar-refractivity contribution is 0.787. The van der Waals surface area contributed by atoms with Gasteiger partial charge in [0.15, 0.2) is 0 Å². The predicted octanol–water partition coefficient (Wildman–Crippen LogP) is 3.45. The van der Waals surface area contributed by atoms with Gasteiger partial charge in [0.1, 0.15) is 0 Å². The van der Waals surface area contributed by atoms with Gasteiger partial charge in [-0.25, -0.2) is 0 Å². The summed E-state index contributed by atoms with van der Waals surface area (Å²) in [7, 11) is 0. The van der Waals surface area contributed by atoms with Crippen LogP contribution in [0.25, 0.3) is 0 Å². The molecule has 2 N–H and O–H groups in total. The van der Waals surface area contributed by atoms with Gasteiger partial charge in [-0.05, 0) is 43.4 Å². The predicted molar refractivity (Wildman–Crippen MR) is 62.6 cm³/mol. The molecule has 0 aromatic heterocycles. The molecule has 1 atom stereocenters. The van der Waals surface area contributed by atoms with Gasteiger partial charge >= 0.3 is 0 Å². The van der Waals surface area contributed by atoms with Crippen LogP contribution in [0.2, 0.25) is 0 Å². The summed E-state index contributed by atoms with van der Waals surface area (Å²) in [6.45, 7) is 10.8. The molecule has 0 aliphatic heterocycles. The van der Waals surface area contributed by atoms with E-state index < -0.39 is 0 Å². The van der Waals surface area contributed by atoms with Gasteiger partial charge in [-0.2, -0.15) is 0 Å². The second-order valence-electron chi connectivity index (χ2n) is 4.51. The molecule has 0 fully saturated rings. The molecule has 1 heteroatoms. The van der Waals surface area contributed by atoms with Crippen molar-refractivity contribution in [3.63, 3.8) is 0 Å². The second kappa shape index (κ2) is 4.14. The summed E-state index contributed by atoms with van der Waals surface area (Å²) in [5, 5.41) is 0. The van der Waals surface area contributed by atoms with E-state index in [1.807, 2.05) is 6.92 Å². The van der Waals surface area contributed by atoms with Crippen molar-refractivity contribution < 1.29 is 0 Å². The van der Waals surface area contributed by atoms with Crippen LogP contribution in [0.4, 0.5) is 0 Å². The molecule has 0 saturated carbocycles. The minimum atomic E-state index is 0.132. The van der Waals surface area contributed by atoms with Gasteiger partial charge in [-0.1, -0.05) is 31.5 Å². The molecule has 1 unspecified atom stereocenters. The molecule has 78 valence electrons. The van der Waals surface area contributed by atoms with Crippen LogP contribution < -0.4 is 5.73 Å². The lowest BCUT2D eigenvalue weighted by atomic mass is 9.90. The van der Waals surface area contributed by atoms with E-state index in [9.17, 15) is 0 Å². The molecule has 0 radical (unpaired) electrons. The lowest BCUT2D eigenvalue weighted by Gasteiger charge is -2.17. The minimum Gasteiger partial charge on any atom is -0.324 e. The summed E-state index contributed by atoms with van der Waals surface area (Å²) in [4.78, 5) is 0. The molecule has 1 aromatic carbocycles. The third-order valence-corrected chi connectivity index (χ3v) is 2.74. The van der Waals surface area contributed by atoms with Crippen LogP contribution in [0.3, 0.4) is 0 Å². The molecule has 0 aliphatic carbocycles. The van der Waals surface area contributed by atoms with E-state index in [0.29, 0.717) is 5.92 Å². The standard InChI is InChI=1S/C13H21N/c1-8(2)12-6-9(3)7-13(10(12)4)11(5)14/h6-8,11H,14H2,1-5H3. The van der Waals surface area contributed by atoms with Crippen molar-refractivity contribution in [2.24, 2.45) is 5.73 Å². The largest absolute Gasteiger partial charge is 0.324 e. The number of benzene rings is 1. The Morgan fingerprint density at radius 1 is 1.00 bits per heavy atom. The lowest BCUT2D eigenvalue weighted by Crippen LogP contribution is -2.09. The molecular formula is C13H21N. The summed E-state index contributed by atoms with van der Waals surface area (Å²) in [5.41, 5.74) is 11.3. The minimum absolute atomic E-state index is 0.132. The van der Waals surface area contributed by atoms with Crippen molar-refractivity contribution >= 4 is 0 Å². The summed E-state index contributed by atoms with van der Waals surface area (Å²) in [6.07, 6.45) is 0. The van der Waals surface area contributed by atoms with E-state index in [1.54, 1.807) is 0 Å². The van der Waals surface area contributed by atoms with E-state index in [2.05, 4.69) is 39.8 Å². The van der Waals surface area contributed by atoms with Gasteiger partial charge < -0.3 is 5.73 Å². The SMILES string of the molecule is Cc1cc(C(C)C)c(C)c(C(C)N)c1. The van der Waals surface area contributed by atoms with Crippen LogP contribution in [-0.2, 0) is 0 Å². The molecule has 0 spiro atoms. The Bertz CT molecular complexity index is 295. The topological polar surface area (TPSA) is 26.0 Å². The van der Waals surface area contributed by atoms with E-state index in [1.165, 1.54) is 22.3 Å². The quantitative estimate of drug-likeness (QED) is 0.761. The number of rotatable bonds is 2. The van der Waals surface area contributed by atoms with Crippen LogP contribution in [0.1, 0.15) is 55.0 Å². The maximum atomic E-state index is 5.95. The van der Waals surface area contributed by atoms with Gasteiger partial charge in [0.05, 0.1) is 0 Å². The zero-order valence-corrected chi connectivity index (χ0v) is 9.89. The van der Waals surface area contributed by atoms with Crippen LogP contribution >= 0.6 is 0 Å². The first-order valence-electron chi connectivity index (χ1n) is 5.30. The summed E-state index contributed by atoms with van der Waals surface area (Å²) >= 11 is 0. The molecule has 0 aliphatic rings. The summed E-state index contributed by atoms with van der Waals surface area (Å²) in [5.74, 6) is 0.576. The van der Waals surface area contributed by atoms with Crippen molar-refractivity contribution in [3.8, 4) is 0 Å². The molecule has 1 rings (SSSR count). The molecule has 1 nitrogen and oxygen atoms in total. The Kier molecular flexibility index (Phi) is 3.33. The zero-order chi connectivity index (χ0) is 10.9. The highest BCUT2D eigenvalue weighted by molar-refractivity contribution is 5.41. The molecule has 0 heterocycles. The second-order valence-corrected chi connectivity index (χ2v) is 4.51. The van der Waals surface area contributed by atoms with Crippen molar-refractivity contribution in [2.45, 2.75) is 46.6 Å². The van der Waals surface area contributed by atoms with Crippen LogP contribution in [0, 0.1) is 13.8 Å². The maximum Gasteiger partial charge on any atom is 0.0268 e. The molecule has 14 heavy (non-hydrogen) atoms. The van der Waals surface area contributed by atoms with Crippen molar-refractivity contribution in [1.29, 1.82) is 0 Å². The van der Waals surface area contributed by atoms with Gasteiger partial charge in [0.25, 0.3) is 0 Å². The average molecular weight is 191 g/mol. The zero-order valence-electron chi connectivity index (χ0n) is 9.89. The highest BCUT2D eigenvalue weighted by Gasteiger charge is 2.10. The third-order valence-electron chi connectivity index (χ3n) is 2.74. The van der Waals surface area contributed by atoms with Crippen LogP contribution in [0.15, 0.2) is 12.1 Å². The van der Waals surface area contributed by atoms with Crippen molar-refractivity contribution in [3.05, 3.63) is 34.4 Å². The molecule has 0 amide bonds. The van der Waals surface area contributed by atoms with E-state index >= 15 is 0 Å². The smallest absolute Gasteiger partial charge is 0.0268 e. The Morgan fingerprint density at radius 2 is 1.50 bits per heavy atom. The van der Waals surface area contributed by atoms with Gasteiger partial charge in [-0.15, -0.1) is 0 Å². The Hall–Kier alpha value is -0.820. The van der Waals surface area contributed by atoms with E-state index in [4.69, 9.17) is 5.73 Å². The Morgan fingerprint density at radius 3 is 1.93 bits per heavy atom. The Labute approximate surface area is 87.3 Å². The number of hydrogen-bond donors (Lipinski definition) is 1. The molecule has 0 saturated heterocycles. The first kappa shape index (κ1) is 11.3. The fraction of sp³-hybridized carbons (Fsp3) is 0.538. The fourth-order valence-corrected chi connectivity index (χ4v) is 1.99. The molecule has 1 aromatic rings. The molecular weight excluding hydrogens is 170 g/mol.